The topological polar surface area (TPSA) is 17.1 Å². The second-order valence-electron chi connectivity index (χ2n) is 3.83. The Morgan fingerprint density at radius 2 is 1.83 bits per heavy atom. The molecule has 0 amide bonds. The molecule has 0 aliphatic heterocycles. The van der Waals surface area contributed by atoms with Crippen LogP contribution in [0.4, 0.5) is 0 Å². The van der Waals surface area contributed by atoms with Gasteiger partial charge in [0.1, 0.15) is 5.78 Å². The fourth-order valence-corrected chi connectivity index (χ4v) is 1.88. The van der Waals surface area contributed by atoms with Crippen LogP contribution in [0.3, 0.4) is 0 Å². The van der Waals surface area contributed by atoms with Crippen LogP contribution in [-0.2, 0) is 4.79 Å². The van der Waals surface area contributed by atoms with Crippen LogP contribution >= 0.6 is 11.6 Å². The molecule has 12 heavy (non-hydrogen) atoms. The first kappa shape index (κ1) is 12.0. The first-order valence-corrected chi connectivity index (χ1v) is 5.02. The molecule has 0 radical (unpaired) electrons. The van der Waals surface area contributed by atoms with Gasteiger partial charge < -0.3 is 4.79 Å². The fraction of sp³-hybridized carbons (Fsp3) is 0.900. The highest BCUT2D eigenvalue weighted by Crippen LogP contribution is 2.24. The lowest BCUT2D eigenvalue weighted by Crippen LogP contribution is -2.18. The van der Waals surface area contributed by atoms with Crippen molar-refractivity contribution in [3.63, 3.8) is 0 Å². The van der Waals surface area contributed by atoms with Crippen molar-refractivity contribution < 1.29 is 4.79 Å². The number of Topliss-reactive ketones (excluding diaryl/α,β-unsaturated/α-hetero) is 1. The van der Waals surface area contributed by atoms with Gasteiger partial charge in [0.15, 0.2) is 0 Å². The molecule has 0 aliphatic carbocycles. The number of hydrogen-bond acceptors (Lipinski definition) is 1. The molecule has 0 aromatic carbocycles. The van der Waals surface area contributed by atoms with Crippen LogP contribution < -0.4 is 0 Å². The monoisotopic (exact) mass is 190 g/mol. The number of halogens is 1. The Hall–Kier alpha value is -0.0400. The van der Waals surface area contributed by atoms with E-state index in [2.05, 4.69) is 13.8 Å². The standard InChI is InChI=1S/C10H19ClO/c1-7(2)10(9(4)11)6-5-8(3)12/h7,9-10H,5-6H2,1-4H3. The molecule has 0 saturated heterocycles. The maximum absolute atomic E-state index is 10.8. The second-order valence-corrected chi connectivity index (χ2v) is 4.51. The largest absolute Gasteiger partial charge is 0.300 e. The Labute approximate surface area is 80.5 Å². The van der Waals surface area contributed by atoms with Crippen molar-refractivity contribution in [2.24, 2.45) is 11.8 Å². The van der Waals surface area contributed by atoms with Crippen molar-refractivity contribution in [1.29, 1.82) is 0 Å². The first-order chi connectivity index (χ1) is 5.45. The summed E-state index contributed by atoms with van der Waals surface area (Å²) in [5, 5.41) is 0.171. The van der Waals surface area contributed by atoms with E-state index in [1.807, 2.05) is 6.92 Å². The number of carbonyl (C=O) groups excluding carboxylic acids is 1. The van der Waals surface area contributed by atoms with Crippen molar-refractivity contribution in [2.45, 2.75) is 45.9 Å². The van der Waals surface area contributed by atoms with Crippen LogP contribution in [0.15, 0.2) is 0 Å². The summed E-state index contributed by atoms with van der Waals surface area (Å²) in [7, 11) is 0. The summed E-state index contributed by atoms with van der Waals surface area (Å²) in [6.07, 6.45) is 1.59. The van der Waals surface area contributed by atoms with E-state index in [1.54, 1.807) is 6.92 Å². The zero-order chi connectivity index (χ0) is 9.72. The van der Waals surface area contributed by atoms with E-state index in [1.165, 1.54) is 0 Å². The molecular formula is C10H19ClO. The molecular weight excluding hydrogens is 172 g/mol. The zero-order valence-electron chi connectivity index (χ0n) is 8.43. The third kappa shape index (κ3) is 4.76. The summed E-state index contributed by atoms with van der Waals surface area (Å²) >= 11 is 6.01. The lowest BCUT2D eigenvalue weighted by atomic mass is 9.88. The summed E-state index contributed by atoms with van der Waals surface area (Å²) in [6.45, 7) is 7.95. The Bertz CT molecular complexity index is 133. The van der Waals surface area contributed by atoms with Crippen LogP contribution in [0, 0.1) is 11.8 Å². The summed E-state index contributed by atoms with van der Waals surface area (Å²) in [4.78, 5) is 10.8. The average molecular weight is 191 g/mol. The Morgan fingerprint density at radius 1 is 1.33 bits per heavy atom. The lowest BCUT2D eigenvalue weighted by molar-refractivity contribution is -0.117. The summed E-state index contributed by atoms with van der Waals surface area (Å²) in [5.74, 6) is 1.30. The molecule has 0 saturated carbocycles. The molecule has 0 rings (SSSR count). The van der Waals surface area contributed by atoms with Crippen LogP contribution in [0.2, 0.25) is 0 Å². The van der Waals surface area contributed by atoms with Crippen LogP contribution in [0.1, 0.15) is 40.5 Å². The van der Waals surface area contributed by atoms with E-state index < -0.39 is 0 Å². The lowest BCUT2D eigenvalue weighted by Gasteiger charge is -2.22. The molecule has 0 aromatic heterocycles. The normalized spacial score (nSPS) is 16.2. The molecule has 0 spiro atoms. The van der Waals surface area contributed by atoms with E-state index in [0.717, 1.165) is 6.42 Å². The van der Waals surface area contributed by atoms with Crippen LogP contribution in [0.5, 0.6) is 0 Å². The highest BCUT2D eigenvalue weighted by atomic mass is 35.5. The molecule has 2 atom stereocenters. The van der Waals surface area contributed by atoms with Gasteiger partial charge in [0.2, 0.25) is 0 Å². The maximum Gasteiger partial charge on any atom is 0.129 e. The van der Waals surface area contributed by atoms with Gasteiger partial charge in [0.25, 0.3) is 0 Å². The van der Waals surface area contributed by atoms with Crippen LogP contribution in [-0.4, -0.2) is 11.2 Å². The van der Waals surface area contributed by atoms with Gasteiger partial charge in [-0.1, -0.05) is 13.8 Å². The molecule has 0 bridgehead atoms. The maximum atomic E-state index is 10.8. The smallest absolute Gasteiger partial charge is 0.129 e. The van der Waals surface area contributed by atoms with Gasteiger partial charge in [0.05, 0.1) is 0 Å². The summed E-state index contributed by atoms with van der Waals surface area (Å²) < 4.78 is 0. The van der Waals surface area contributed by atoms with Gasteiger partial charge in [-0.25, -0.2) is 0 Å². The molecule has 2 heteroatoms. The van der Waals surface area contributed by atoms with E-state index in [9.17, 15) is 4.79 Å². The number of hydrogen-bond donors (Lipinski definition) is 0. The SMILES string of the molecule is CC(=O)CCC(C(C)C)C(C)Cl. The Morgan fingerprint density at radius 3 is 2.08 bits per heavy atom. The molecule has 0 N–H and O–H groups in total. The minimum Gasteiger partial charge on any atom is -0.300 e. The van der Waals surface area contributed by atoms with Gasteiger partial charge in [0, 0.05) is 11.8 Å². The highest BCUT2D eigenvalue weighted by Gasteiger charge is 2.18. The number of ketones is 1. The summed E-state index contributed by atoms with van der Waals surface area (Å²) in [5.41, 5.74) is 0. The predicted molar refractivity (Wildman–Crippen MR) is 53.6 cm³/mol. The Balaban J connectivity index is 3.88. The molecule has 2 unspecified atom stereocenters. The zero-order valence-corrected chi connectivity index (χ0v) is 9.19. The molecule has 0 fully saturated rings. The minimum atomic E-state index is 0.171. The van der Waals surface area contributed by atoms with Gasteiger partial charge in [-0.15, -0.1) is 11.6 Å². The summed E-state index contributed by atoms with van der Waals surface area (Å²) in [6, 6.07) is 0. The fourth-order valence-electron chi connectivity index (χ4n) is 1.46. The second kappa shape index (κ2) is 5.58. The predicted octanol–water partition coefficient (Wildman–Crippen LogP) is 3.26. The van der Waals surface area contributed by atoms with Gasteiger partial charge in [-0.05, 0) is 32.1 Å². The molecule has 0 aromatic rings. The third-order valence-electron chi connectivity index (χ3n) is 2.28. The molecule has 0 aliphatic rings. The van der Waals surface area contributed by atoms with E-state index in [0.29, 0.717) is 18.3 Å². The van der Waals surface area contributed by atoms with Crippen molar-refractivity contribution in [1.82, 2.24) is 0 Å². The van der Waals surface area contributed by atoms with Gasteiger partial charge >= 0.3 is 0 Å². The number of carbonyl (C=O) groups is 1. The van der Waals surface area contributed by atoms with Crippen molar-refractivity contribution in [3.8, 4) is 0 Å². The minimum absolute atomic E-state index is 0.171. The van der Waals surface area contributed by atoms with Crippen molar-refractivity contribution >= 4 is 17.4 Å². The first-order valence-electron chi connectivity index (χ1n) is 4.58. The van der Waals surface area contributed by atoms with Crippen molar-refractivity contribution in [2.75, 3.05) is 0 Å². The average Bonchev–Trinajstić information content (AvgIpc) is 1.84. The van der Waals surface area contributed by atoms with Gasteiger partial charge in [-0.3, -0.25) is 0 Å². The molecule has 1 nitrogen and oxygen atoms in total. The van der Waals surface area contributed by atoms with E-state index in [4.69, 9.17) is 11.6 Å². The third-order valence-corrected chi connectivity index (χ3v) is 2.60. The van der Waals surface area contributed by atoms with Gasteiger partial charge in [-0.2, -0.15) is 0 Å². The highest BCUT2D eigenvalue weighted by molar-refractivity contribution is 6.20. The molecule has 72 valence electrons. The van der Waals surface area contributed by atoms with E-state index >= 15 is 0 Å². The van der Waals surface area contributed by atoms with E-state index in [-0.39, 0.29) is 11.2 Å². The quantitative estimate of drug-likeness (QED) is 0.609. The van der Waals surface area contributed by atoms with Crippen LogP contribution in [0.25, 0.3) is 0 Å². The Kier molecular flexibility index (Phi) is 5.56. The number of alkyl halides is 1. The van der Waals surface area contributed by atoms with Crippen molar-refractivity contribution in [3.05, 3.63) is 0 Å². The molecule has 0 heterocycles. The number of rotatable bonds is 5.